The zero-order chi connectivity index (χ0) is 16.8. The number of likely N-dealkylation sites (N-methyl/N-ethyl adjacent to an activating group) is 1. The fourth-order valence-electron chi connectivity index (χ4n) is 1.99. The minimum absolute atomic E-state index is 0.549. The number of nitrogens with zero attached hydrogens (tertiary/aromatic N) is 3. The molecule has 0 aliphatic rings. The van der Waals surface area contributed by atoms with Gasteiger partial charge in [0, 0.05) is 30.5 Å². The van der Waals surface area contributed by atoms with Gasteiger partial charge in [0.1, 0.15) is 11.6 Å². The lowest BCUT2D eigenvalue weighted by Crippen LogP contribution is -2.21. The van der Waals surface area contributed by atoms with E-state index in [0.717, 1.165) is 24.5 Å². The number of benzene rings is 1. The van der Waals surface area contributed by atoms with E-state index in [1.807, 2.05) is 39.2 Å². The van der Waals surface area contributed by atoms with Crippen LogP contribution in [0.4, 0.5) is 17.5 Å². The molecule has 124 valence electrons. The summed E-state index contributed by atoms with van der Waals surface area (Å²) in [6.45, 7) is 3.63. The highest BCUT2D eigenvalue weighted by molar-refractivity contribution is 6.32. The number of aromatic nitrogens is 2. The molecule has 2 rings (SSSR count). The van der Waals surface area contributed by atoms with Crippen molar-refractivity contribution >= 4 is 29.1 Å². The predicted octanol–water partition coefficient (Wildman–Crippen LogP) is 3.16. The van der Waals surface area contributed by atoms with E-state index in [-0.39, 0.29) is 0 Å². The van der Waals surface area contributed by atoms with Gasteiger partial charge in [0.25, 0.3) is 0 Å². The lowest BCUT2D eigenvalue weighted by Gasteiger charge is -2.12. The summed E-state index contributed by atoms with van der Waals surface area (Å²) in [4.78, 5) is 11.0. The Morgan fingerprint density at radius 1 is 1.22 bits per heavy atom. The number of methoxy groups -OCH3 is 1. The van der Waals surface area contributed by atoms with Gasteiger partial charge < -0.3 is 20.3 Å². The van der Waals surface area contributed by atoms with E-state index >= 15 is 0 Å². The van der Waals surface area contributed by atoms with Crippen molar-refractivity contribution in [3.8, 4) is 5.75 Å². The first-order valence-corrected chi connectivity index (χ1v) is 7.70. The highest BCUT2D eigenvalue weighted by Crippen LogP contribution is 2.28. The van der Waals surface area contributed by atoms with Gasteiger partial charge in [-0.2, -0.15) is 4.98 Å². The molecule has 7 heteroatoms. The minimum Gasteiger partial charge on any atom is -0.495 e. The quantitative estimate of drug-likeness (QED) is 0.810. The average molecular weight is 336 g/mol. The van der Waals surface area contributed by atoms with Gasteiger partial charge in [-0.15, -0.1) is 0 Å². The van der Waals surface area contributed by atoms with Crippen molar-refractivity contribution in [1.82, 2.24) is 14.9 Å². The molecule has 0 spiro atoms. The Labute approximate surface area is 141 Å². The van der Waals surface area contributed by atoms with E-state index in [0.29, 0.717) is 22.5 Å². The van der Waals surface area contributed by atoms with Crippen LogP contribution in [0.25, 0.3) is 0 Å². The van der Waals surface area contributed by atoms with Crippen LogP contribution in [0.2, 0.25) is 5.02 Å². The van der Waals surface area contributed by atoms with Crippen molar-refractivity contribution in [2.24, 2.45) is 0 Å². The van der Waals surface area contributed by atoms with Crippen molar-refractivity contribution in [2.45, 2.75) is 6.92 Å². The van der Waals surface area contributed by atoms with Gasteiger partial charge in [0.05, 0.1) is 12.1 Å². The Bertz CT molecular complexity index is 663. The maximum Gasteiger partial charge on any atom is 0.224 e. The number of rotatable bonds is 7. The molecule has 0 aliphatic carbocycles. The van der Waals surface area contributed by atoms with Gasteiger partial charge in [-0.3, -0.25) is 0 Å². The molecule has 0 bridgehead atoms. The topological polar surface area (TPSA) is 62.3 Å². The summed E-state index contributed by atoms with van der Waals surface area (Å²) in [5, 5.41) is 7.01. The number of nitrogens with one attached hydrogen (secondary N) is 2. The largest absolute Gasteiger partial charge is 0.495 e. The highest BCUT2D eigenvalue weighted by atomic mass is 35.5. The van der Waals surface area contributed by atoms with Gasteiger partial charge in [-0.1, -0.05) is 11.6 Å². The van der Waals surface area contributed by atoms with Gasteiger partial charge in [0.2, 0.25) is 5.95 Å². The van der Waals surface area contributed by atoms with Crippen molar-refractivity contribution in [3.05, 3.63) is 35.0 Å². The van der Waals surface area contributed by atoms with Gasteiger partial charge in [-0.25, -0.2) is 4.98 Å². The second kappa shape index (κ2) is 7.99. The average Bonchev–Trinajstić information content (AvgIpc) is 2.46. The lowest BCUT2D eigenvalue weighted by molar-refractivity contribution is 0.415. The lowest BCUT2D eigenvalue weighted by atomic mass is 10.3. The van der Waals surface area contributed by atoms with Crippen molar-refractivity contribution in [1.29, 1.82) is 0 Å². The van der Waals surface area contributed by atoms with Crippen LogP contribution in [0.1, 0.15) is 5.69 Å². The summed E-state index contributed by atoms with van der Waals surface area (Å²) >= 11 is 6.14. The fourth-order valence-corrected chi connectivity index (χ4v) is 2.25. The summed E-state index contributed by atoms with van der Waals surface area (Å²) in [7, 11) is 5.64. The molecule has 1 heterocycles. The molecule has 0 saturated carbocycles. The van der Waals surface area contributed by atoms with E-state index < -0.39 is 0 Å². The molecule has 0 saturated heterocycles. The number of aryl methyl sites for hydroxylation is 1. The standard InChI is InChI=1S/C16H22ClN5O/c1-11-9-15(21-16(19-11)18-7-8-22(2)3)20-12-5-6-14(23-4)13(17)10-12/h5-6,9-10H,7-8H2,1-4H3,(H2,18,19,20,21). The van der Waals surface area contributed by atoms with Crippen LogP contribution in [-0.4, -0.2) is 49.2 Å². The third kappa shape index (κ3) is 5.26. The maximum absolute atomic E-state index is 6.14. The third-order valence-corrected chi connectivity index (χ3v) is 3.42. The van der Waals surface area contributed by atoms with Crippen molar-refractivity contribution in [2.75, 3.05) is 44.9 Å². The highest BCUT2D eigenvalue weighted by Gasteiger charge is 2.05. The van der Waals surface area contributed by atoms with E-state index in [1.165, 1.54) is 0 Å². The second-order valence-electron chi connectivity index (χ2n) is 5.42. The zero-order valence-corrected chi connectivity index (χ0v) is 14.6. The summed E-state index contributed by atoms with van der Waals surface area (Å²) < 4.78 is 5.15. The third-order valence-electron chi connectivity index (χ3n) is 3.12. The number of halogens is 1. The first-order chi connectivity index (χ1) is 11.0. The number of ether oxygens (including phenoxy) is 1. The van der Waals surface area contributed by atoms with Crippen LogP contribution >= 0.6 is 11.6 Å². The number of anilines is 3. The molecule has 2 aromatic rings. The fraction of sp³-hybridized carbons (Fsp3) is 0.375. The molecule has 1 aromatic carbocycles. The number of hydrogen-bond donors (Lipinski definition) is 2. The Balaban J connectivity index is 2.10. The van der Waals surface area contributed by atoms with Crippen LogP contribution in [0, 0.1) is 6.92 Å². The Morgan fingerprint density at radius 3 is 2.65 bits per heavy atom. The molecule has 0 unspecified atom stereocenters. The normalized spacial score (nSPS) is 10.7. The van der Waals surface area contributed by atoms with Crippen LogP contribution in [0.15, 0.2) is 24.3 Å². The molecule has 2 N–H and O–H groups in total. The Morgan fingerprint density at radius 2 is 2.00 bits per heavy atom. The van der Waals surface area contributed by atoms with Crippen LogP contribution in [0.3, 0.4) is 0 Å². The van der Waals surface area contributed by atoms with Crippen LogP contribution in [-0.2, 0) is 0 Å². The van der Waals surface area contributed by atoms with Crippen LogP contribution in [0.5, 0.6) is 5.75 Å². The van der Waals surface area contributed by atoms with Gasteiger partial charge >= 0.3 is 0 Å². The molecule has 0 radical (unpaired) electrons. The van der Waals surface area contributed by atoms with E-state index in [4.69, 9.17) is 16.3 Å². The molecule has 0 fully saturated rings. The van der Waals surface area contributed by atoms with Gasteiger partial charge in [0.15, 0.2) is 0 Å². The maximum atomic E-state index is 6.14. The molecular formula is C16H22ClN5O. The summed E-state index contributed by atoms with van der Waals surface area (Å²) in [6, 6.07) is 7.39. The minimum atomic E-state index is 0.549. The second-order valence-corrected chi connectivity index (χ2v) is 5.83. The zero-order valence-electron chi connectivity index (χ0n) is 13.9. The monoisotopic (exact) mass is 335 g/mol. The molecule has 0 amide bonds. The van der Waals surface area contributed by atoms with Crippen molar-refractivity contribution in [3.63, 3.8) is 0 Å². The smallest absolute Gasteiger partial charge is 0.224 e. The SMILES string of the molecule is COc1ccc(Nc2cc(C)nc(NCCN(C)C)n2)cc1Cl. The van der Waals surface area contributed by atoms with E-state index in [1.54, 1.807) is 13.2 Å². The molecule has 6 nitrogen and oxygen atoms in total. The van der Waals surface area contributed by atoms with Gasteiger partial charge in [-0.05, 0) is 39.2 Å². The summed E-state index contributed by atoms with van der Waals surface area (Å²) in [5.41, 5.74) is 1.72. The molecular weight excluding hydrogens is 314 g/mol. The Hall–Kier alpha value is -2.05. The molecule has 23 heavy (non-hydrogen) atoms. The number of hydrogen-bond acceptors (Lipinski definition) is 6. The summed E-state index contributed by atoms with van der Waals surface area (Å²) in [5.74, 6) is 1.96. The molecule has 0 atom stereocenters. The molecule has 1 aromatic heterocycles. The Kier molecular flexibility index (Phi) is 6.01. The predicted molar refractivity (Wildman–Crippen MR) is 95.1 cm³/mol. The summed E-state index contributed by atoms with van der Waals surface area (Å²) in [6.07, 6.45) is 0. The van der Waals surface area contributed by atoms with Crippen LogP contribution < -0.4 is 15.4 Å². The first-order valence-electron chi connectivity index (χ1n) is 7.33. The molecule has 0 aliphatic heterocycles. The van der Waals surface area contributed by atoms with E-state index in [9.17, 15) is 0 Å². The van der Waals surface area contributed by atoms with E-state index in [2.05, 4.69) is 25.5 Å². The first kappa shape index (κ1) is 17.3. The van der Waals surface area contributed by atoms with Crippen molar-refractivity contribution < 1.29 is 4.74 Å².